The number of likely N-dealkylation sites (tertiary alicyclic amines) is 1. The summed E-state index contributed by atoms with van der Waals surface area (Å²) in [6.07, 6.45) is -2.19. The van der Waals surface area contributed by atoms with Crippen molar-refractivity contribution in [2.45, 2.75) is 56.7 Å². The number of fused-ring (bicyclic) bond motifs is 2. The topological polar surface area (TPSA) is 19.4 Å². The number of nitrogens with zero attached hydrogens (tertiary/aromatic N) is 3. The highest BCUT2D eigenvalue weighted by Gasteiger charge is 2.39. The molecule has 0 spiro atoms. The second-order valence-electron chi connectivity index (χ2n) is 10.2. The highest BCUT2D eigenvalue weighted by atomic mass is 35.5. The largest absolute Gasteiger partial charge is 0.434 e. The third kappa shape index (κ3) is 5.97. The zero-order valence-corrected chi connectivity index (χ0v) is 21.7. The molecule has 2 aromatic rings. The van der Waals surface area contributed by atoms with E-state index in [0.717, 1.165) is 19.4 Å². The SMILES string of the molecule is FC1(F)CCN(CC2C3=C(CCN2CCCc2ccc(Cl)c(C(F)(F)F)n2)c2cc(Cl)ccc2C3)CC1. The van der Waals surface area contributed by atoms with Gasteiger partial charge in [-0.25, -0.2) is 13.8 Å². The third-order valence-corrected chi connectivity index (χ3v) is 8.27. The number of halogens is 7. The van der Waals surface area contributed by atoms with Gasteiger partial charge in [0.15, 0.2) is 5.69 Å². The molecule has 37 heavy (non-hydrogen) atoms. The Balaban J connectivity index is 1.32. The quantitative estimate of drug-likeness (QED) is 0.350. The van der Waals surface area contributed by atoms with E-state index in [9.17, 15) is 22.0 Å². The van der Waals surface area contributed by atoms with E-state index in [2.05, 4.69) is 20.9 Å². The fraction of sp³-hybridized carbons (Fsp3) is 0.519. The standard InChI is InChI=1S/C27H28Cl2F5N3/c28-18-4-3-17-14-22-20(21(17)15-18)7-11-37(24(22)16-36-12-8-26(30,31)9-13-36)10-1-2-19-5-6-23(29)25(35-19)27(32,33)34/h3-6,15,24H,1-2,7-14,16H2. The average molecular weight is 560 g/mol. The van der Waals surface area contributed by atoms with Gasteiger partial charge in [0.1, 0.15) is 0 Å². The minimum Gasteiger partial charge on any atom is -0.301 e. The molecular weight excluding hydrogens is 532 g/mol. The molecule has 10 heteroatoms. The minimum absolute atomic E-state index is 0.0607. The summed E-state index contributed by atoms with van der Waals surface area (Å²) in [7, 11) is 0. The zero-order valence-electron chi connectivity index (χ0n) is 20.2. The van der Waals surface area contributed by atoms with E-state index in [-0.39, 0.29) is 18.9 Å². The second-order valence-corrected chi connectivity index (χ2v) is 11.0. The van der Waals surface area contributed by atoms with Crippen LogP contribution in [0, 0.1) is 0 Å². The minimum atomic E-state index is -4.60. The van der Waals surface area contributed by atoms with Gasteiger partial charge >= 0.3 is 6.18 Å². The number of hydrogen-bond donors (Lipinski definition) is 0. The lowest BCUT2D eigenvalue weighted by atomic mass is 9.91. The van der Waals surface area contributed by atoms with Crippen molar-refractivity contribution in [3.05, 3.63) is 68.5 Å². The molecule has 5 rings (SSSR count). The van der Waals surface area contributed by atoms with Gasteiger partial charge in [-0.1, -0.05) is 29.3 Å². The highest BCUT2D eigenvalue weighted by molar-refractivity contribution is 6.31. The molecule has 1 saturated heterocycles. The van der Waals surface area contributed by atoms with Crippen molar-refractivity contribution in [1.82, 2.24) is 14.8 Å². The summed E-state index contributed by atoms with van der Waals surface area (Å²) < 4.78 is 67.2. The van der Waals surface area contributed by atoms with Crippen molar-refractivity contribution in [3.8, 4) is 0 Å². The fourth-order valence-corrected chi connectivity index (χ4v) is 6.18. The number of benzene rings is 1. The molecule has 0 radical (unpaired) electrons. The molecule has 1 aromatic carbocycles. The molecule has 3 aliphatic rings. The Morgan fingerprint density at radius 3 is 2.51 bits per heavy atom. The summed E-state index contributed by atoms with van der Waals surface area (Å²) in [6, 6.07) is 8.82. The van der Waals surface area contributed by atoms with Crippen LogP contribution in [-0.2, 0) is 19.0 Å². The van der Waals surface area contributed by atoms with Gasteiger partial charge in [-0.3, -0.25) is 4.90 Å². The summed E-state index contributed by atoms with van der Waals surface area (Å²) >= 11 is 12.0. The zero-order chi connectivity index (χ0) is 26.4. The van der Waals surface area contributed by atoms with E-state index < -0.39 is 22.8 Å². The van der Waals surface area contributed by atoms with E-state index in [4.69, 9.17) is 23.2 Å². The number of hydrogen-bond acceptors (Lipinski definition) is 3. The van der Waals surface area contributed by atoms with Crippen LogP contribution in [0.15, 0.2) is 35.9 Å². The van der Waals surface area contributed by atoms with E-state index in [0.29, 0.717) is 49.7 Å². The Morgan fingerprint density at radius 2 is 1.78 bits per heavy atom. The summed E-state index contributed by atoms with van der Waals surface area (Å²) in [4.78, 5) is 8.25. The van der Waals surface area contributed by atoms with Crippen molar-refractivity contribution < 1.29 is 22.0 Å². The van der Waals surface area contributed by atoms with Gasteiger partial charge in [0.2, 0.25) is 0 Å². The van der Waals surface area contributed by atoms with Crippen LogP contribution in [0.1, 0.15) is 48.2 Å². The van der Waals surface area contributed by atoms with E-state index in [1.165, 1.54) is 34.4 Å². The Kier molecular flexibility index (Phi) is 7.57. The molecule has 0 N–H and O–H groups in total. The number of aryl methyl sites for hydroxylation is 1. The monoisotopic (exact) mass is 559 g/mol. The molecule has 0 amide bonds. The van der Waals surface area contributed by atoms with E-state index in [1.54, 1.807) is 0 Å². The summed E-state index contributed by atoms with van der Waals surface area (Å²) in [5, 5.41) is 0.290. The van der Waals surface area contributed by atoms with Gasteiger partial charge in [0, 0.05) is 55.8 Å². The van der Waals surface area contributed by atoms with E-state index in [1.807, 2.05) is 12.1 Å². The summed E-state index contributed by atoms with van der Waals surface area (Å²) in [6.45, 7) is 2.84. The first-order valence-corrected chi connectivity index (χ1v) is 13.3. The highest BCUT2D eigenvalue weighted by Crippen LogP contribution is 2.42. The average Bonchev–Trinajstić information content (AvgIpc) is 3.20. The number of piperidine rings is 1. The normalized spacial score (nSPS) is 22.3. The molecule has 2 aliphatic heterocycles. The molecule has 3 heterocycles. The van der Waals surface area contributed by atoms with E-state index >= 15 is 0 Å². The van der Waals surface area contributed by atoms with Gasteiger partial charge < -0.3 is 4.90 Å². The molecule has 1 aromatic heterocycles. The molecule has 0 bridgehead atoms. The molecule has 0 saturated carbocycles. The Morgan fingerprint density at radius 1 is 1.03 bits per heavy atom. The molecule has 1 atom stereocenters. The lowest BCUT2D eigenvalue weighted by Gasteiger charge is -2.42. The van der Waals surface area contributed by atoms with Crippen molar-refractivity contribution in [2.75, 3.05) is 32.7 Å². The first-order chi connectivity index (χ1) is 17.5. The van der Waals surface area contributed by atoms with Gasteiger partial charge in [-0.05, 0) is 78.8 Å². The number of rotatable bonds is 6. The van der Waals surface area contributed by atoms with Crippen LogP contribution in [0.5, 0.6) is 0 Å². The van der Waals surface area contributed by atoms with Gasteiger partial charge in [0.05, 0.1) is 5.02 Å². The molecule has 1 fully saturated rings. The van der Waals surface area contributed by atoms with Gasteiger partial charge in [-0.2, -0.15) is 13.2 Å². The molecule has 1 aliphatic carbocycles. The maximum Gasteiger partial charge on any atom is 0.434 e. The molecular formula is C27H28Cl2F5N3. The third-order valence-electron chi connectivity index (χ3n) is 7.73. The summed E-state index contributed by atoms with van der Waals surface area (Å²) in [5.41, 5.74) is 4.33. The predicted molar refractivity (Wildman–Crippen MR) is 135 cm³/mol. The Bertz CT molecular complexity index is 1190. The lowest BCUT2D eigenvalue weighted by molar-refractivity contribution is -0.141. The maximum atomic E-state index is 13.8. The van der Waals surface area contributed by atoms with Crippen molar-refractivity contribution in [1.29, 1.82) is 0 Å². The van der Waals surface area contributed by atoms with Crippen LogP contribution in [0.25, 0.3) is 5.57 Å². The number of aromatic nitrogens is 1. The number of pyridine rings is 1. The lowest BCUT2D eigenvalue weighted by Crippen LogP contribution is -2.50. The van der Waals surface area contributed by atoms with Crippen LogP contribution in [0.4, 0.5) is 22.0 Å². The smallest absolute Gasteiger partial charge is 0.301 e. The Hall–Kier alpha value is -1.74. The summed E-state index contributed by atoms with van der Waals surface area (Å²) in [5.74, 6) is -2.60. The molecule has 3 nitrogen and oxygen atoms in total. The first kappa shape index (κ1) is 26.9. The van der Waals surface area contributed by atoms with Crippen molar-refractivity contribution in [3.63, 3.8) is 0 Å². The van der Waals surface area contributed by atoms with Crippen LogP contribution in [0.3, 0.4) is 0 Å². The second kappa shape index (κ2) is 10.4. The van der Waals surface area contributed by atoms with Gasteiger partial charge in [-0.15, -0.1) is 0 Å². The van der Waals surface area contributed by atoms with Crippen LogP contribution < -0.4 is 0 Å². The Labute approximate surface area is 223 Å². The molecule has 200 valence electrons. The fourth-order valence-electron chi connectivity index (χ4n) is 5.80. The number of alkyl halides is 5. The van der Waals surface area contributed by atoms with Gasteiger partial charge in [0.25, 0.3) is 5.92 Å². The van der Waals surface area contributed by atoms with Crippen LogP contribution in [-0.4, -0.2) is 59.5 Å². The van der Waals surface area contributed by atoms with Crippen molar-refractivity contribution >= 4 is 28.8 Å². The first-order valence-electron chi connectivity index (χ1n) is 12.6. The molecule has 1 unspecified atom stereocenters. The maximum absolute atomic E-state index is 13.8. The predicted octanol–water partition coefficient (Wildman–Crippen LogP) is 7.16. The van der Waals surface area contributed by atoms with Crippen LogP contribution in [0.2, 0.25) is 10.0 Å². The van der Waals surface area contributed by atoms with Crippen LogP contribution >= 0.6 is 23.2 Å². The van der Waals surface area contributed by atoms with Crippen molar-refractivity contribution in [2.24, 2.45) is 0 Å².